The first kappa shape index (κ1) is 16.0. The molecule has 0 bridgehead atoms. The molecule has 0 radical (unpaired) electrons. The molecule has 0 unspecified atom stereocenters. The van der Waals surface area contributed by atoms with Crippen LogP contribution >= 0.6 is 11.6 Å². The van der Waals surface area contributed by atoms with Gasteiger partial charge >= 0.3 is 0 Å². The average Bonchev–Trinajstić information content (AvgIpc) is 3.00. The minimum atomic E-state index is -0.289. The van der Waals surface area contributed by atoms with Crippen molar-refractivity contribution in [3.8, 4) is 0 Å². The van der Waals surface area contributed by atoms with E-state index >= 15 is 0 Å². The summed E-state index contributed by atoms with van der Waals surface area (Å²) in [5.74, 6) is -0.470. The topological polar surface area (TPSA) is 88.9 Å². The van der Waals surface area contributed by atoms with Crippen LogP contribution in [0, 0.1) is 0 Å². The lowest BCUT2D eigenvalue weighted by molar-refractivity contribution is -0.115. The Bertz CT molecular complexity index is 657. The highest BCUT2D eigenvalue weighted by molar-refractivity contribution is 6.31. The smallest absolute Gasteiger partial charge is 0.253 e. The summed E-state index contributed by atoms with van der Waals surface area (Å²) in [6, 6.07) is 4.75. The predicted octanol–water partition coefficient (Wildman–Crippen LogP) is 1.71. The number of nitrogens with zero attached hydrogens (tertiary/aromatic N) is 3. The molecule has 2 N–H and O–H groups in total. The van der Waals surface area contributed by atoms with E-state index in [0.717, 1.165) is 0 Å². The lowest BCUT2D eigenvalue weighted by Gasteiger charge is -2.11. The molecule has 7 nitrogen and oxygen atoms in total. The molecule has 116 valence electrons. The molecule has 0 saturated carbocycles. The number of nitrogens with one attached hydrogen (secondary N) is 2. The van der Waals surface area contributed by atoms with Gasteiger partial charge in [-0.1, -0.05) is 18.5 Å². The standard InChI is InChI=1S/C14H16ClN5O2/c1-2-13(21)19-12-7-10(15)3-4-11(12)14(22)17-5-6-20-9-16-8-18-20/h3-4,7-9H,2,5-6H2,1H3,(H,17,22)(H,19,21). The number of hydrogen-bond donors (Lipinski definition) is 2. The third-order valence-corrected chi connectivity index (χ3v) is 3.15. The van der Waals surface area contributed by atoms with Crippen LogP contribution in [-0.4, -0.2) is 33.1 Å². The largest absolute Gasteiger partial charge is 0.350 e. The fourth-order valence-corrected chi connectivity index (χ4v) is 1.96. The van der Waals surface area contributed by atoms with Gasteiger partial charge in [0.15, 0.2) is 0 Å². The summed E-state index contributed by atoms with van der Waals surface area (Å²) in [7, 11) is 0. The molecular formula is C14H16ClN5O2. The Hall–Kier alpha value is -2.41. The second-order valence-electron chi connectivity index (χ2n) is 4.51. The number of rotatable bonds is 6. The van der Waals surface area contributed by atoms with Gasteiger partial charge in [0.25, 0.3) is 5.91 Å². The number of benzene rings is 1. The van der Waals surface area contributed by atoms with Crippen LogP contribution < -0.4 is 10.6 Å². The van der Waals surface area contributed by atoms with Gasteiger partial charge in [0.2, 0.25) is 5.91 Å². The molecule has 2 rings (SSSR count). The minimum absolute atomic E-state index is 0.182. The van der Waals surface area contributed by atoms with Crippen molar-refractivity contribution >= 4 is 29.1 Å². The molecule has 1 heterocycles. The van der Waals surface area contributed by atoms with E-state index in [9.17, 15) is 9.59 Å². The van der Waals surface area contributed by atoms with E-state index < -0.39 is 0 Å². The van der Waals surface area contributed by atoms with Gasteiger partial charge in [-0.3, -0.25) is 14.3 Å². The Morgan fingerprint density at radius 1 is 1.36 bits per heavy atom. The third-order valence-electron chi connectivity index (χ3n) is 2.91. The van der Waals surface area contributed by atoms with Gasteiger partial charge in [0, 0.05) is 18.0 Å². The van der Waals surface area contributed by atoms with Crippen LogP contribution in [0.3, 0.4) is 0 Å². The number of amides is 2. The summed E-state index contributed by atoms with van der Waals surface area (Å²) in [5, 5.41) is 9.84. The molecule has 0 aliphatic heterocycles. The molecule has 2 amide bonds. The van der Waals surface area contributed by atoms with Gasteiger partial charge in [0.1, 0.15) is 12.7 Å². The lowest BCUT2D eigenvalue weighted by atomic mass is 10.1. The highest BCUT2D eigenvalue weighted by Crippen LogP contribution is 2.21. The fraction of sp³-hybridized carbons (Fsp3) is 0.286. The lowest BCUT2D eigenvalue weighted by Crippen LogP contribution is -2.28. The molecule has 0 atom stereocenters. The summed E-state index contributed by atoms with van der Waals surface area (Å²) in [6.07, 6.45) is 3.32. The van der Waals surface area contributed by atoms with Crippen LogP contribution in [0.1, 0.15) is 23.7 Å². The maximum Gasteiger partial charge on any atom is 0.253 e. The average molecular weight is 322 g/mol. The Balaban J connectivity index is 2.03. The van der Waals surface area contributed by atoms with E-state index in [1.807, 2.05) is 0 Å². The molecule has 1 aromatic heterocycles. The van der Waals surface area contributed by atoms with Gasteiger partial charge in [0.05, 0.1) is 17.8 Å². The molecule has 0 saturated heterocycles. The van der Waals surface area contributed by atoms with Crippen molar-refractivity contribution in [3.05, 3.63) is 41.4 Å². The SMILES string of the molecule is CCC(=O)Nc1cc(Cl)ccc1C(=O)NCCn1cncn1. The van der Waals surface area contributed by atoms with Crippen LogP contribution in [0.15, 0.2) is 30.9 Å². The zero-order valence-corrected chi connectivity index (χ0v) is 12.8. The Morgan fingerprint density at radius 3 is 2.86 bits per heavy atom. The number of halogens is 1. The maximum atomic E-state index is 12.2. The van der Waals surface area contributed by atoms with Crippen LogP contribution in [0.4, 0.5) is 5.69 Å². The van der Waals surface area contributed by atoms with Crippen LogP contribution in [0.5, 0.6) is 0 Å². The molecule has 22 heavy (non-hydrogen) atoms. The quantitative estimate of drug-likeness (QED) is 0.847. The zero-order valence-electron chi connectivity index (χ0n) is 12.0. The summed E-state index contributed by atoms with van der Waals surface area (Å²) >= 11 is 5.92. The number of hydrogen-bond acceptors (Lipinski definition) is 4. The highest BCUT2D eigenvalue weighted by atomic mass is 35.5. The fourth-order valence-electron chi connectivity index (χ4n) is 1.78. The van der Waals surface area contributed by atoms with Crippen molar-refractivity contribution in [3.63, 3.8) is 0 Å². The number of carbonyl (C=O) groups excluding carboxylic acids is 2. The molecule has 0 fully saturated rings. The molecule has 8 heteroatoms. The van der Waals surface area contributed by atoms with E-state index in [2.05, 4.69) is 20.7 Å². The first-order valence-corrected chi connectivity index (χ1v) is 7.18. The van der Waals surface area contributed by atoms with Crippen molar-refractivity contribution in [2.75, 3.05) is 11.9 Å². The summed E-state index contributed by atoms with van der Waals surface area (Å²) in [4.78, 5) is 27.6. The van der Waals surface area contributed by atoms with E-state index in [4.69, 9.17) is 11.6 Å². The van der Waals surface area contributed by atoms with Gasteiger partial charge in [-0.25, -0.2) is 4.98 Å². The second-order valence-corrected chi connectivity index (χ2v) is 4.94. The monoisotopic (exact) mass is 321 g/mol. The van der Waals surface area contributed by atoms with Crippen molar-refractivity contribution in [1.29, 1.82) is 0 Å². The first-order chi connectivity index (χ1) is 10.6. The molecule has 0 aliphatic carbocycles. The molecular weight excluding hydrogens is 306 g/mol. The van der Waals surface area contributed by atoms with Gasteiger partial charge < -0.3 is 10.6 Å². The Kier molecular flexibility index (Phi) is 5.48. The van der Waals surface area contributed by atoms with Crippen LogP contribution in [0.25, 0.3) is 0 Å². The molecule has 2 aromatic rings. The predicted molar refractivity (Wildman–Crippen MR) is 82.7 cm³/mol. The van der Waals surface area contributed by atoms with Gasteiger partial charge in [-0.15, -0.1) is 0 Å². The normalized spacial score (nSPS) is 10.3. The molecule has 0 aliphatic rings. The Labute approximate surface area is 132 Å². The summed E-state index contributed by atoms with van der Waals surface area (Å²) in [6.45, 7) is 2.64. The van der Waals surface area contributed by atoms with Gasteiger partial charge in [-0.2, -0.15) is 5.10 Å². The van der Waals surface area contributed by atoms with Gasteiger partial charge in [-0.05, 0) is 18.2 Å². The minimum Gasteiger partial charge on any atom is -0.350 e. The van der Waals surface area contributed by atoms with Crippen molar-refractivity contribution < 1.29 is 9.59 Å². The van der Waals surface area contributed by atoms with E-state index in [0.29, 0.717) is 35.8 Å². The number of anilines is 1. The maximum absolute atomic E-state index is 12.2. The summed E-state index contributed by atoms with van der Waals surface area (Å²) in [5.41, 5.74) is 0.766. The first-order valence-electron chi connectivity index (χ1n) is 6.80. The summed E-state index contributed by atoms with van der Waals surface area (Å²) < 4.78 is 1.61. The third kappa shape index (κ3) is 4.29. The van der Waals surface area contributed by atoms with Crippen LogP contribution in [-0.2, 0) is 11.3 Å². The van der Waals surface area contributed by atoms with E-state index in [-0.39, 0.29) is 11.8 Å². The van der Waals surface area contributed by atoms with Crippen molar-refractivity contribution in [1.82, 2.24) is 20.1 Å². The molecule has 0 spiro atoms. The Morgan fingerprint density at radius 2 is 2.18 bits per heavy atom. The zero-order chi connectivity index (χ0) is 15.9. The highest BCUT2D eigenvalue weighted by Gasteiger charge is 2.13. The van der Waals surface area contributed by atoms with Crippen molar-refractivity contribution in [2.45, 2.75) is 19.9 Å². The number of carbonyl (C=O) groups is 2. The van der Waals surface area contributed by atoms with Crippen molar-refractivity contribution in [2.24, 2.45) is 0 Å². The van der Waals surface area contributed by atoms with Crippen LogP contribution in [0.2, 0.25) is 5.02 Å². The van der Waals surface area contributed by atoms with E-state index in [1.54, 1.807) is 36.1 Å². The molecule has 1 aromatic carbocycles. The van der Waals surface area contributed by atoms with E-state index in [1.165, 1.54) is 6.33 Å². The number of aromatic nitrogens is 3. The second kappa shape index (κ2) is 7.56.